The zero-order valence-electron chi connectivity index (χ0n) is 39.7. The van der Waals surface area contributed by atoms with Gasteiger partial charge in [0.15, 0.2) is 0 Å². The van der Waals surface area contributed by atoms with Crippen LogP contribution in [-0.2, 0) is 14.3 Å². The van der Waals surface area contributed by atoms with Crippen LogP contribution < -0.4 is 5.32 Å². The number of ether oxygens (including phenoxy) is 1. The van der Waals surface area contributed by atoms with Crippen molar-refractivity contribution in [3.63, 3.8) is 0 Å². The highest BCUT2D eigenvalue weighted by molar-refractivity contribution is 5.76. The molecule has 2 atom stereocenters. The summed E-state index contributed by atoms with van der Waals surface area (Å²) in [6.07, 6.45) is 61.1. The van der Waals surface area contributed by atoms with E-state index in [0.717, 1.165) is 83.5 Å². The second-order valence-electron chi connectivity index (χ2n) is 17.5. The number of nitrogens with one attached hydrogen (secondary N) is 1. The lowest BCUT2D eigenvalue weighted by Crippen LogP contribution is -2.45. The number of aliphatic hydroxyl groups excluding tert-OH is 2. The first-order valence-corrected chi connectivity index (χ1v) is 25.9. The smallest absolute Gasteiger partial charge is 0.305 e. The molecule has 0 radical (unpaired) electrons. The van der Waals surface area contributed by atoms with Crippen LogP contribution in [0.5, 0.6) is 0 Å². The van der Waals surface area contributed by atoms with Crippen LogP contribution in [0.3, 0.4) is 0 Å². The topological polar surface area (TPSA) is 95.9 Å². The predicted molar refractivity (Wildman–Crippen MR) is 259 cm³/mol. The number of hydrogen-bond acceptors (Lipinski definition) is 5. The van der Waals surface area contributed by atoms with Crippen LogP contribution in [0.2, 0.25) is 0 Å². The number of carbonyl (C=O) groups is 2. The molecule has 350 valence electrons. The molecule has 6 nitrogen and oxygen atoms in total. The molecule has 0 heterocycles. The van der Waals surface area contributed by atoms with Crippen LogP contribution in [-0.4, -0.2) is 47.4 Å². The molecule has 0 bridgehead atoms. The van der Waals surface area contributed by atoms with Gasteiger partial charge >= 0.3 is 5.97 Å². The maximum absolute atomic E-state index is 12.4. The summed E-state index contributed by atoms with van der Waals surface area (Å²) in [6.45, 7) is 4.82. The molecule has 1 amide bonds. The minimum atomic E-state index is -0.855. The summed E-state index contributed by atoms with van der Waals surface area (Å²) >= 11 is 0. The number of unbranched alkanes of at least 4 members (excludes halogenated alkanes) is 30. The Morgan fingerprint density at radius 2 is 0.833 bits per heavy atom. The Kier molecular flexibility index (Phi) is 47.7. The van der Waals surface area contributed by atoms with Gasteiger partial charge in [-0.2, -0.15) is 0 Å². The third kappa shape index (κ3) is 45.3. The number of allylic oxidation sites excluding steroid dienone is 7. The molecule has 0 saturated heterocycles. The van der Waals surface area contributed by atoms with Crippen molar-refractivity contribution in [1.29, 1.82) is 0 Å². The number of esters is 1. The molecule has 0 aromatic rings. The van der Waals surface area contributed by atoms with E-state index in [1.54, 1.807) is 6.08 Å². The van der Waals surface area contributed by atoms with Crippen molar-refractivity contribution in [2.24, 2.45) is 0 Å². The van der Waals surface area contributed by atoms with Crippen LogP contribution in [0.4, 0.5) is 0 Å². The highest BCUT2D eigenvalue weighted by Gasteiger charge is 2.18. The lowest BCUT2D eigenvalue weighted by atomic mass is 10.0. The highest BCUT2D eigenvalue weighted by Crippen LogP contribution is 2.14. The van der Waals surface area contributed by atoms with Crippen molar-refractivity contribution < 1.29 is 24.5 Å². The summed E-state index contributed by atoms with van der Waals surface area (Å²) in [5, 5.41) is 23.0. The van der Waals surface area contributed by atoms with E-state index < -0.39 is 12.1 Å². The van der Waals surface area contributed by atoms with Crippen LogP contribution in [0.25, 0.3) is 0 Å². The van der Waals surface area contributed by atoms with Gasteiger partial charge in [0.05, 0.1) is 25.4 Å². The van der Waals surface area contributed by atoms with Gasteiger partial charge in [0.2, 0.25) is 5.91 Å². The van der Waals surface area contributed by atoms with Crippen LogP contribution in [0, 0.1) is 0 Å². The first kappa shape index (κ1) is 57.8. The van der Waals surface area contributed by atoms with Gasteiger partial charge in [0.1, 0.15) is 0 Å². The number of amides is 1. The molecule has 0 aliphatic carbocycles. The van der Waals surface area contributed by atoms with E-state index in [1.807, 2.05) is 6.08 Å². The van der Waals surface area contributed by atoms with Crippen molar-refractivity contribution in [3.05, 3.63) is 48.6 Å². The van der Waals surface area contributed by atoms with E-state index in [2.05, 4.69) is 55.6 Å². The van der Waals surface area contributed by atoms with Gasteiger partial charge in [-0.05, 0) is 89.9 Å². The summed E-state index contributed by atoms with van der Waals surface area (Å²) in [7, 11) is 0. The molecule has 2 unspecified atom stereocenters. The van der Waals surface area contributed by atoms with Gasteiger partial charge in [-0.3, -0.25) is 9.59 Å². The van der Waals surface area contributed by atoms with Crippen molar-refractivity contribution >= 4 is 11.9 Å². The summed E-state index contributed by atoms with van der Waals surface area (Å²) < 4.78 is 5.44. The molecular weight excluding hydrogens is 743 g/mol. The zero-order chi connectivity index (χ0) is 43.7. The first-order valence-electron chi connectivity index (χ1n) is 25.9. The molecule has 0 spiro atoms. The van der Waals surface area contributed by atoms with Crippen molar-refractivity contribution in [3.8, 4) is 0 Å². The second kappa shape index (κ2) is 49.5. The third-order valence-corrected chi connectivity index (χ3v) is 11.6. The van der Waals surface area contributed by atoms with E-state index >= 15 is 0 Å². The monoisotopic (exact) mass is 842 g/mol. The van der Waals surface area contributed by atoms with Gasteiger partial charge in [-0.15, -0.1) is 0 Å². The van der Waals surface area contributed by atoms with Crippen LogP contribution >= 0.6 is 0 Å². The van der Waals surface area contributed by atoms with Gasteiger partial charge in [-0.25, -0.2) is 0 Å². The summed E-state index contributed by atoms with van der Waals surface area (Å²) in [4.78, 5) is 24.4. The minimum Gasteiger partial charge on any atom is -0.466 e. The van der Waals surface area contributed by atoms with E-state index in [0.29, 0.717) is 19.4 Å². The van der Waals surface area contributed by atoms with Gasteiger partial charge in [0.25, 0.3) is 0 Å². The Hall–Kier alpha value is -2.18. The zero-order valence-corrected chi connectivity index (χ0v) is 39.7. The van der Waals surface area contributed by atoms with Crippen molar-refractivity contribution in [2.75, 3.05) is 13.2 Å². The molecule has 0 aromatic heterocycles. The number of hydrogen-bond donors (Lipinski definition) is 3. The molecule has 3 N–H and O–H groups in total. The minimum absolute atomic E-state index is 0.0262. The van der Waals surface area contributed by atoms with E-state index in [1.165, 1.54) is 148 Å². The molecule has 0 rings (SSSR count). The Labute approximate surface area is 372 Å². The molecule has 0 aliphatic heterocycles. The molecule has 0 aromatic carbocycles. The molecule has 0 saturated carbocycles. The second-order valence-corrected chi connectivity index (χ2v) is 17.5. The Bertz CT molecular complexity index is 1020. The van der Waals surface area contributed by atoms with Gasteiger partial charge in [-0.1, -0.05) is 204 Å². The average molecular weight is 842 g/mol. The fraction of sp³-hybridized carbons (Fsp3) is 0.815. The summed E-state index contributed by atoms with van der Waals surface area (Å²) in [5.74, 6) is -0.112. The Morgan fingerprint density at radius 1 is 0.467 bits per heavy atom. The SMILES string of the molecule is CCCCC/C=C\C/C=C\CCCCCCCC(=O)OCCCCCC/C=C\CCCCCCCCCC(=O)NC(CO)C(O)/C=C/CCCCCCCCCCCCC. The molecule has 0 fully saturated rings. The highest BCUT2D eigenvalue weighted by atomic mass is 16.5. The number of aliphatic hydroxyl groups is 2. The summed E-state index contributed by atoms with van der Waals surface area (Å²) in [6, 6.07) is -0.640. The fourth-order valence-electron chi connectivity index (χ4n) is 7.54. The van der Waals surface area contributed by atoms with Crippen molar-refractivity contribution in [2.45, 2.75) is 270 Å². The Morgan fingerprint density at radius 3 is 1.32 bits per heavy atom. The normalized spacial score (nSPS) is 13.1. The predicted octanol–water partition coefficient (Wildman–Crippen LogP) is 15.5. The lowest BCUT2D eigenvalue weighted by Gasteiger charge is -2.20. The maximum atomic E-state index is 12.4. The molecule has 6 heteroatoms. The van der Waals surface area contributed by atoms with Crippen LogP contribution in [0.15, 0.2) is 48.6 Å². The van der Waals surface area contributed by atoms with E-state index in [9.17, 15) is 19.8 Å². The van der Waals surface area contributed by atoms with Gasteiger partial charge in [0, 0.05) is 12.8 Å². The lowest BCUT2D eigenvalue weighted by molar-refractivity contribution is -0.143. The number of rotatable bonds is 47. The summed E-state index contributed by atoms with van der Waals surface area (Å²) in [5.41, 5.74) is 0. The van der Waals surface area contributed by atoms with E-state index in [-0.39, 0.29) is 18.5 Å². The standard InChI is InChI=1S/C54H99NO5/c1-3-5-7-9-11-13-15-17-19-24-28-32-36-40-44-48-54(59)60-49-45-41-37-33-29-25-21-18-20-23-27-31-35-39-43-47-53(58)55-51(50-56)52(57)46-42-38-34-30-26-22-16-14-12-10-8-6-4-2/h11,13,17,19,21,25,42,46,51-52,56-57H,3-10,12,14-16,18,20,22-24,26-41,43-45,47-50H2,1-2H3,(H,55,58)/b13-11-,19-17-,25-21-,46-42+. The Balaban J connectivity index is 3.52. The molecular formula is C54H99NO5. The van der Waals surface area contributed by atoms with Gasteiger partial charge < -0.3 is 20.3 Å². The average Bonchev–Trinajstić information content (AvgIpc) is 3.25. The maximum Gasteiger partial charge on any atom is 0.305 e. The van der Waals surface area contributed by atoms with E-state index in [4.69, 9.17) is 4.74 Å². The first-order chi connectivity index (χ1) is 29.5. The number of carbonyl (C=O) groups excluding carboxylic acids is 2. The van der Waals surface area contributed by atoms with Crippen LogP contribution in [0.1, 0.15) is 258 Å². The molecule has 0 aliphatic rings. The quantitative estimate of drug-likeness (QED) is 0.0322. The fourth-order valence-corrected chi connectivity index (χ4v) is 7.54. The third-order valence-electron chi connectivity index (χ3n) is 11.6. The largest absolute Gasteiger partial charge is 0.466 e. The van der Waals surface area contributed by atoms with Crippen molar-refractivity contribution in [1.82, 2.24) is 5.32 Å². The molecule has 60 heavy (non-hydrogen) atoms.